The molecule has 1 saturated heterocycles. The fourth-order valence-electron chi connectivity index (χ4n) is 4.66. The van der Waals surface area contributed by atoms with E-state index < -0.39 is 0 Å². The summed E-state index contributed by atoms with van der Waals surface area (Å²) in [4.78, 5) is 27.2. The molecule has 31 heavy (non-hydrogen) atoms. The van der Waals surface area contributed by atoms with E-state index >= 15 is 0 Å². The zero-order chi connectivity index (χ0) is 21.8. The first kappa shape index (κ1) is 21.2. The normalized spacial score (nSPS) is 20.3. The van der Waals surface area contributed by atoms with Crippen molar-refractivity contribution in [1.82, 2.24) is 10.2 Å². The average Bonchev–Trinajstić information content (AvgIpc) is 3.18. The van der Waals surface area contributed by atoms with Crippen molar-refractivity contribution >= 4 is 11.8 Å². The van der Waals surface area contributed by atoms with Crippen LogP contribution in [0, 0.1) is 5.92 Å². The minimum Gasteiger partial charge on any atom is -0.493 e. The quantitative estimate of drug-likeness (QED) is 0.744. The van der Waals surface area contributed by atoms with Crippen LogP contribution in [0.15, 0.2) is 42.5 Å². The number of hydrogen-bond acceptors (Lipinski definition) is 4. The molecule has 1 aliphatic heterocycles. The third-order valence-electron chi connectivity index (χ3n) is 6.39. The van der Waals surface area contributed by atoms with Crippen molar-refractivity contribution in [2.75, 3.05) is 27.3 Å². The summed E-state index contributed by atoms with van der Waals surface area (Å²) in [5, 5.41) is 3.21. The Morgan fingerprint density at radius 1 is 1.13 bits per heavy atom. The molecule has 2 amide bonds. The Kier molecular flexibility index (Phi) is 6.44. The Labute approximate surface area is 183 Å². The molecule has 1 heterocycles. The summed E-state index contributed by atoms with van der Waals surface area (Å²) < 4.78 is 10.6. The summed E-state index contributed by atoms with van der Waals surface area (Å²) in [6.07, 6.45) is 4.08. The number of benzene rings is 2. The molecule has 6 nitrogen and oxygen atoms in total. The smallest absolute Gasteiger partial charge is 0.225 e. The van der Waals surface area contributed by atoms with E-state index in [1.807, 2.05) is 24.3 Å². The third kappa shape index (κ3) is 4.68. The van der Waals surface area contributed by atoms with Gasteiger partial charge in [-0.05, 0) is 54.5 Å². The molecule has 1 N–H and O–H groups in total. The molecule has 4 rings (SSSR count). The number of hydrogen-bond donors (Lipinski definition) is 1. The predicted molar refractivity (Wildman–Crippen MR) is 118 cm³/mol. The van der Waals surface area contributed by atoms with E-state index in [-0.39, 0.29) is 30.2 Å². The number of methoxy groups -OCH3 is 2. The highest BCUT2D eigenvalue weighted by Gasteiger charge is 2.35. The highest BCUT2D eigenvalue weighted by atomic mass is 16.5. The molecule has 164 valence electrons. The zero-order valence-electron chi connectivity index (χ0n) is 18.2. The van der Waals surface area contributed by atoms with Gasteiger partial charge in [0.1, 0.15) is 0 Å². The number of fused-ring (bicyclic) bond motifs is 1. The van der Waals surface area contributed by atoms with Crippen LogP contribution in [0.25, 0.3) is 0 Å². The molecule has 0 unspecified atom stereocenters. The van der Waals surface area contributed by atoms with Crippen molar-refractivity contribution in [3.63, 3.8) is 0 Å². The second-order valence-electron chi connectivity index (χ2n) is 8.33. The molecule has 0 radical (unpaired) electrons. The van der Waals surface area contributed by atoms with Gasteiger partial charge in [-0.2, -0.15) is 0 Å². The summed E-state index contributed by atoms with van der Waals surface area (Å²) in [6.45, 7) is 1.07. The number of ether oxygens (including phenoxy) is 2. The molecule has 2 atom stereocenters. The van der Waals surface area contributed by atoms with E-state index in [1.165, 1.54) is 11.1 Å². The highest BCUT2D eigenvalue weighted by molar-refractivity contribution is 5.89. The van der Waals surface area contributed by atoms with Crippen LogP contribution in [0.2, 0.25) is 0 Å². The van der Waals surface area contributed by atoms with Gasteiger partial charge in [-0.25, -0.2) is 0 Å². The number of nitrogens with one attached hydrogen (secondary N) is 1. The first-order valence-corrected chi connectivity index (χ1v) is 11.0. The lowest BCUT2D eigenvalue weighted by molar-refractivity contribution is -0.129. The first-order chi connectivity index (χ1) is 15.1. The molecule has 0 bridgehead atoms. The Morgan fingerprint density at radius 3 is 2.74 bits per heavy atom. The molecule has 0 saturated carbocycles. The van der Waals surface area contributed by atoms with Crippen molar-refractivity contribution < 1.29 is 19.1 Å². The van der Waals surface area contributed by atoms with Crippen LogP contribution < -0.4 is 14.8 Å². The fraction of sp³-hybridized carbons (Fsp3) is 0.440. The van der Waals surface area contributed by atoms with Crippen LogP contribution >= 0.6 is 0 Å². The van der Waals surface area contributed by atoms with Crippen LogP contribution in [0.5, 0.6) is 11.5 Å². The number of aryl methyl sites for hydroxylation is 1. The zero-order valence-corrected chi connectivity index (χ0v) is 18.2. The summed E-state index contributed by atoms with van der Waals surface area (Å²) in [6, 6.07) is 14.2. The minimum atomic E-state index is -0.285. The number of amides is 2. The topological polar surface area (TPSA) is 67.9 Å². The van der Waals surface area contributed by atoms with Gasteiger partial charge in [0, 0.05) is 19.5 Å². The average molecular weight is 423 g/mol. The second kappa shape index (κ2) is 9.41. The van der Waals surface area contributed by atoms with Gasteiger partial charge in [0.25, 0.3) is 0 Å². The fourth-order valence-corrected chi connectivity index (χ4v) is 4.66. The maximum Gasteiger partial charge on any atom is 0.225 e. The van der Waals surface area contributed by atoms with E-state index in [2.05, 4.69) is 23.5 Å². The Bertz CT molecular complexity index is 958. The molecular formula is C25H30N2O4. The van der Waals surface area contributed by atoms with Gasteiger partial charge in [-0.15, -0.1) is 0 Å². The lowest BCUT2D eigenvalue weighted by Gasteiger charge is -2.27. The molecule has 6 heteroatoms. The number of carbonyl (C=O) groups is 2. The molecule has 2 aromatic carbocycles. The lowest BCUT2D eigenvalue weighted by Crippen LogP contribution is -2.37. The largest absolute Gasteiger partial charge is 0.493 e. The van der Waals surface area contributed by atoms with Crippen molar-refractivity contribution in [1.29, 1.82) is 0 Å². The Hall–Kier alpha value is -3.02. The maximum atomic E-state index is 12.9. The van der Waals surface area contributed by atoms with Crippen LogP contribution in [-0.4, -0.2) is 44.0 Å². The van der Waals surface area contributed by atoms with Crippen molar-refractivity contribution in [2.24, 2.45) is 5.92 Å². The van der Waals surface area contributed by atoms with Crippen molar-refractivity contribution in [3.8, 4) is 11.5 Å². The van der Waals surface area contributed by atoms with Gasteiger partial charge in [0.15, 0.2) is 11.5 Å². The van der Waals surface area contributed by atoms with E-state index in [9.17, 15) is 9.59 Å². The predicted octanol–water partition coefficient (Wildman–Crippen LogP) is 3.29. The molecule has 1 fully saturated rings. The second-order valence-corrected chi connectivity index (χ2v) is 8.33. The molecule has 2 aliphatic rings. The van der Waals surface area contributed by atoms with E-state index in [0.717, 1.165) is 24.8 Å². The maximum absolute atomic E-state index is 12.9. The van der Waals surface area contributed by atoms with Gasteiger partial charge >= 0.3 is 0 Å². The standard InChI is InChI=1S/C25H30N2O4/c1-30-22-11-10-17(14-23(22)31-2)12-13-27-16-19(15-24(27)28)25(29)26-21-9-5-7-18-6-3-4-8-20(18)21/h3-4,6,8,10-11,14,19,21H,5,7,9,12-13,15-16H2,1-2H3,(H,26,29)/t19-,21-/m1/s1. The SMILES string of the molecule is COc1ccc(CCN2C[C@H](C(=O)N[C@@H]3CCCc4ccccc43)CC2=O)cc1OC. The minimum absolute atomic E-state index is 0.0105. The Balaban J connectivity index is 1.34. The summed E-state index contributed by atoms with van der Waals surface area (Å²) >= 11 is 0. The van der Waals surface area contributed by atoms with E-state index in [1.54, 1.807) is 19.1 Å². The van der Waals surface area contributed by atoms with Gasteiger partial charge in [-0.1, -0.05) is 30.3 Å². The molecule has 2 aromatic rings. The molecule has 1 aliphatic carbocycles. The highest BCUT2D eigenvalue weighted by Crippen LogP contribution is 2.31. The van der Waals surface area contributed by atoms with Crippen LogP contribution in [-0.2, 0) is 22.4 Å². The molecule has 0 aromatic heterocycles. The van der Waals surface area contributed by atoms with Gasteiger partial charge in [0.2, 0.25) is 11.8 Å². The monoisotopic (exact) mass is 422 g/mol. The number of nitrogens with zero attached hydrogens (tertiary/aromatic N) is 1. The third-order valence-corrected chi connectivity index (χ3v) is 6.39. The molecule has 0 spiro atoms. The van der Waals surface area contributed by atoms with Crippen LogP contribution in [0.4, 0.5) is 0 Å². The first-order valence-electron chi connectivity index (χ1n) is 11.0. The van der Waals surface area contributed by atoms with E-state index in [0.29, 0.717) is 31.0 Å². The van der Waals surface area contributed by atoms with E-state index in [4.69, 9.17) is 9.47 Å². The summed E-state index contributed by atoms with van der Waals surface area (Å²) in [5.74, 6) is 1.11. The van der Waals surface area contributed by atoms with Crippen molar-refractivity contribution in [2.45, 2.75) is 38.1 Å². The number of likely N-dealkylation sites (tertiary alicyclic amines) is 1. The van der Waals surface area contributed by atoms with Gasteiger partial charge in [0.05, 0.1) is 26.2 Å². The summed E-state index contributed by atoms with van der Waals surface area (Å²) in [5.41, 5.74) is 3.60. The van der Waals surface area contributed by atoms with Gasteiger partial charge in [-0.3, -0.25) is 9.59 Å². The summed E-state index contributed by atoms with van der Waals surface area (Å²) in [7, 11) is 3.22. The number of carbonyl (C=O) groups excluding carboxylic acids is 2. The Morgan fingerprint density at radius 2 is 1.94 bits per heavy atom. The molecular weight excluding hydrogens is 392 g/mol. The van der Waals surface area contributed by atoms with Crippen LogP contribution in [0.1, 0.15) is 42.0 Å². The lowest BCUT2D eigenvalue weighted by atomic mass is 9.87. The van der Waals surface area contributed by atoms with Gasteiger partial charge < -0.3 is 19.7 Å². The van der Waals surface area contributed by atoms with Crippen LogP contribution in [0.3, 0.4) is 0 Å². The number of rotatable bonds is 7. The van der Waals surface area contributed by atoms with Crippen molar-refractivity contribution in [3.05, 3.63) is 59.2 Å².